The van der Waals surface area contributed by atoms with Gasteiger partial charge in [0, 0.05) is 0 Å². The minimum atomic E-state index is -2.87. The summed E-state index contributed by atoms with van der Waals surface area (Å²) in [7, 11) is 0. The summed E-state index contributed by atoms with van der Waals surface area (Å²) in [5.41, 5.74) is 0.633. The molecule has 0 radical (unpaired) electrons. The lowest BCUT2D eigenvalue weighted by Crippen LogP contribution is -2.14. The normalized spacial score (nSPS) is 12.2. The number of para-hydroxylation sites is 1. The van der Waals surface area contributed by atoms with E-state index in [-0.39, 0.29) is 10.3 Å². The SMILES string of the molecule is FC(F)(CBr)c1nc2ccccc2s1. The summed E-state index contributed by atoms with van der Waals surface area (Å²) in [6.07, 6.45) is 0. The molecule has 0 spiro atoms. The number of fused-ring (bicyclic) bond motifs is 1. The van der Waals surface area contributed by atoms with Crippen molar-refractivity contribution in [2.45, 2.75) is 5.92 Å². The van der Waals surface area contributed by atoms with Crippen molar-refractivity contribution in [1.82, 2.24) is 4.98 Å². The van der Waals surface area contributed by atoms with E-state index in [9.17, 15) is 8.78 Å². The van der Waals surface area contributed by atoms with Gasteiger partial charge in [-0.05, 0) is 12.1 Å². The number of rotatable bonds is 2. The zero-order valence-corrected chi connectivity index (χ0v) is 9.41. The van der Waals surface area contributed by atoms with Gasteiger partial charge >= 0.3 is 5.92 Å². The third-order valence-electron chi connectivity index (χ3n) is 1.77. The van der Waals surface area contributed by atoms with E-state index in [1.807, 2.05) is 6.07 Å². The highest BCUT2D eigenvalue weighted by atomic mass is 79.9. The molecule has 1 nitrogen and oxygen atoms in total. The fourth-order valence-corrected chi connectivity index (χ4v) is 2.48. The van der Waals surface area contributed by atoms with E-state index in [1.165, 1.54) is 0 Å². The third-order valence-corrected chi connectivity index (χ3v) is 3.63. The summed E-state index contributed by atoms with van der Waals surface area (Å²) in [5, 5.41) is -0.518. The standard InChI is InChI=1S/C9H6BrF2NS/c10-5-9(11,12)8-13-6-3-1-2-4-7(6)14-8/h1-4H,5H2. The first kappa shape index (κ1) is 9.98. The van der Waals surface area contributed by atoms with Crippen molar-refractivity contribution in [1.29, 1.82) is 0 Å². The smallest absolute Gasteiger partial charge is 0.235 e. The lowest BCUT2D eigenvalue weighted by molar-refractivity contribution is 0.0245. The van der Waals surface area contributed by atoms with Crippen LogP contribution in [0.15, 0.2) is 24.3 Å². The molecule has 1 heterocycles. The maximum Gasteiger partial charge on any atom is 0.308 e. The highest BCUT2D eigenvalue weighted by Crippen LogP contribution is 2.35. The summed E-state index contributed by atoms with van der Waals surface area (Å²) in [6, 6.07) is 7.13. The molecule has 1 aromatic heterocycles. The van der Waals surface area contributed by atoms with E-state index < -0.39 is 5.92 Å². The quantitative estimate of drug-likeness (QED) is 0.762. The van der Waals surface area contributed by atoms with Crippen molar-refractivity contribution in [2.24, 2.45) is 0 Å². The Hall–Kier alpha value is -0.550. The van der Waals surface area contributed by atoms with Gasteiger partial charge in [-0.2, -0.15) is 8.78 Å². The number of benzene rings is 1. The first-order chi connectivity index (χ1) is 6.63. The van der Waals surface area contributed by atoms with Crippen LogP contribution in [0.4, 0.5) is 8.78 Å². The molecule has 0 aliphatic rings. The van der Waals surface area contributed by atoms with Gasteiger partial charge in [-0.1, -0.05) is 28.1 Å². The minimum absolute atomic E-state index is 0.129. The van der Waals surface area contributed by atoms with Crippen LogP contribution >= 0.6 is 27.3 Å². The van der Waals surface area contributed by atoms with Crippen LogP contribution in [0, 0.1) is 0 Å². The van der Waals surface area contributed by atoms with Gasteiger partial charge in [0.25, 0.3) is 0 Å². The van der Waals surface area contributed by atoms with Gasteiger partial charge in [0.1, 0.15) is 0 Å². The highest BCUT2D eigenvalue weighted by Gasteiger charge is 2.33. The monoisotopic (exact) mass is 277 g/mol. The van der Waals surface area contributed by atoms with Gasteiger partial charge in [-0.15, -0.1) is 11.3 Å². The fourth-order valence-electron chi connectivity index (χ4n) is 1.09. The molecule has 0 bridgehead atoms. The van der Waals surface area contributed by atoms with Crippen LogP contribution in [0.1, 0.15) is 5.01 Å². The van der Waals surface area contributed by atoms with Crippen LogP contribution in [0.5, 0.6) is 0 Å². The van der Waals surface area contributed by atoms with Crippen molar-refractivity contribution in [3.63, 3.8) is 0 Å². The Morgan fingerprint density at radius 2 is 2.07 bits per heavy atom. The Morgan fingerprint density at radius 3 is 2.71 bits per heavy atom. The molecule has 5 heteroatoms. The Balaban J connectivity index is 2.55. The summed E-state index contributed by atoms with van der Waals surface area (Å²) in [6.45, 7) is 0. The summed E-state index contributed by atoms with van der Waals surface area (Å²) < 4.78 is 27.2. The Bertz CT molecular complexity index is 422. The molecule has 0 atom stereocenters. The summed E-state index contributed by atoms with van der Waals surface area (Å²) >= 11 is 3.82. The molecule has 0 amide bonds. The van der Waals surface area contributed by atoms with Gasteiger partial charge in [-0.3, -0.25) is 0 Å². The molecular weight excluding hydrogens is 272 g/mol. The largest absolute Gasteiger partial charge is 0.308 e. The lowest BCUT2D eigenvalue weighted by Gasteiger charge is -2.07. The van der Waals surface area contributed by atoms with Gasteiger partial charge in [0.15, 0.2) is 5.01 Å². The molecule has 14 heavy (non-hydrogen) atoms. The molecule has 0 aliphatic heterocycles. The van der Waals surface area contributed by atoms with Crippen LogP contribution < -0.4 is 0 Å². The second kappa shape index (κ2) is 3.55. The van der Waals surface area contributed by atoms with Gasteiger partial charge in [0.2, 0.25) is 0 Å². The topological polar surface area (TPSA) is 12.9 Å². The number of nitrogens with zero attached hydrogens (tertiary/aromatic N) is 1. The number of hydrogen-bond donors (Lipinski definition) is 0. The van der Waals surface area contributed by atoms with Crippen molar-refractivity contribution < 1.29 is 8.78 Å². The van der Waals surface area contributed by atoms with Crippen LogP contribution in [0.2, 0.25) is 0 Å². The predicted octanol–water partition coefficient (Wildman–Crippen LogP) is 3.78. The lowest BCUT2D eigenvalue weighted by atomic mass is 10.3. The maximum absolute atomic E-state index is 13.2. The number of hydrogen-bond acceptors (Lipinski definition) is 2. The Morgan fingerprint density at radius 1 is 1.36 bits per heavy atom. The molecule has 0 saturated carbocycles. The van der Waals surface area contributed by atoms with Crippen LogP contribution in [-0.2, 0) is 5.92 Å². The highest BCUT2D eigenvalue weighted by molar-refractivity contribution is 9.09. The van der Waals surface area contributed by atoms with Crippen molar-refractivity contribution >= 4 is 37.5 Å². The van der Waals surface area contributed by atoms with Crippen molar-refractivity contribution in [3.05, 3.63) is 29.3 Å². The zero-order chi connectivity index (χ0) is 10.2. The van der Waals surface area contributed by atoms with Crippen molar-refractivity contribution in [2.75, 3.05) is 5.33 Å². The van der Waals surface area contributed by atoms with E-state index >= 15 is 0 Å². The van der Waals surface area contributed by atoms with E-state index in [2.05, 4.69) is 20.9 Å². The second-order valence-electron chi connectivity index (χ2n) is 2.82. The molecule has 0 aliphatic carbocycles. The van der Waals surface area contributed by atoms with E-state index in [1.54, 1.807) is 18.2 Å². The molecule has 0 N–H and O–H groups in total. The molecule has 0 unspecified atom stereocenters. The predicted molar refractivity (Wildman–Crippen MR) is 57.3 cm³/mol. The van der Waals surface area contributed by atoms with E-state index in [4.69, 9.17) is 0 Å². The van der Waals surface area contributed by atoms with Crippen LogP contribution in [0.3, 0.4) is 0 Å². The van der Waals surface area contributed by atoms with E-state index in [0.717, 1.165) is 16.0 Å². The maximum atomic E-state index is 13.2. The Kier molecular flexibility index (Phi) is 2.53. The average Bonchev–Trinajstić information content (AvgIpc) is 2.61. The third kappa shape index (κ3) is 1.66. The first-order valence-corrected chi connectivity index (χ1v) is 5.87. The van der Waals surface area contributed by atoms with Gasteiger partial charge < -0.3 is 0 Å². The second-order valence-corrected chi connectivity index (χ2v) is 4.42. The number of alkyl halides is 3. The molecule has 0 saturated heterocycles. The zero-order valence-electron chi connectivity index (χ0n) is 7.01. The van der Waals surface area contributed by atoms with Crippen LogP contribution in [-0.4, -0.2) is 10.3 Å². The molecule has 2 rings (SSSR count). The molecule has 0 fully saturated rings. The van der Waals surface area contributed by atoms with Crippen LogP contribution in [0.25, 0.3) is 10.2 Å². The molecule has 1 aromatic carbocycles. The minimum Gasteiger partial charge on any atom is -0.235 e. The molecule has 2 aromatic rings. The molecular formula is C9H6BrF2NS. The van der Waals surface area contributed by atoms with E-state index in [0.29, 0.717) is 5.52 Å². The first-order valence-electron chi connectivity index (χ1n) is 3.93. The van der Waals surface area contributed by atoms with Gasteiger partial charge in [-0.25, -0.2) is 4.98 Å². The number of halogens is 3. The average molecular weight is 278 g/mol. The molecule has 74 valence electrons. The fraction of sp³-hybridized carbons (Fsp3) is 0.222. The Labute approximate surface area is 91.9 Å². The number of aromatic nitrogens is 1. The summed E-state index contributed by atoms with van der Waals surface area (Å²) in [4.78, 5) is 3.89. The summed E-state index contributed by atoms with van der Waals surface area (Å²) in [5.74, 6) is -2.87. The number of thiazole rings is 1. The van der Waals surface area contributed by atoms with Crippen molar-refractivity contribution in [3.8, 4) is 0 Å². The van der Waals surface area contributed by atoms with Gasteiger partial charge in [0.05, 0.1) is 15.5 Å².